The van der Waals surface area contributed by atoms with E-state index >= 15 is 0 Å². The number of hydrogen-bond acceptors (Lipinski definition) is 6. The van der Waals surface area contributed by atoms with Crippen molar-refractivity contribution in [2.75, 3.05) is 4.90 Å². The molecule has 196 valence electrons. The molecule has 3 aromatic rings. The van der Waals surface area contributed by atoms with Crippen molar-refractivity contribution in [3.8, 4) is 6.07 Å². The number of nitrogens with zero attached hydrogens (tertiary/aromatic N) is 3. The molecule has 0 aromatic heterocycles. The Balaban J connectivity index is 1.80. The summed E-state index contributed by atoms with van der Waals surface area (Å²) in [5, 5.41) is 15.9. The van der Waals surface area contributed by atoms with Gasteiger partial charge in [-0.25, -0.2) is 18.5 Å². The second kappa shape index (κ2) is 10.1. The van der Waals surface area contributed by atoms with Crippen LogP contribution in [0.4, 0.5) is 5.69 Å². The number of aliphatic imine (C=N–C) groups is 1. The lowest BCUT2D eigenvalue weighted by Crippen LogP contribution is -2.39. The minimum atomic E-state index is -3.90. The molecule has 0 fully saturated rings. The van der Waals surface area contributed by atoms with Gasteiger partial charge in [0.05, 0.1) is 22.5 Å². The third kappa shape index (κ3) is 5.19. The molecule has 0 spiro atoms. The van der Waals surface area contributed by atoms with Gasteiger partial charge in [0.2, 0.25) is 10.0 Å². The molecule has 39 heavy (non-hydrogen) atoms. The number of benzene rings is 3. The van der Waals surface area contributed by atoms with E-state index in [4.69, 9.17) is 10.1 Å². The highest BCUT2D eigenvalue weighted by atomic mass is 32.2. The summed E-state index contributed by atoms with van der Waals surface area (Å²) in [5.41, 5.74) is 3.62. The third-order valence-corrected chi connectivity index (χ3v) is 7.94. The molecule has 1 aliphatic carbocycles. The van der Waals surface area contributed by atoms with Crippen LogP contribution in [0.1, 0.15) is 43.7 Å². The summed E-state index contributed by atoms with van der Waals surface area (Å²) >= 11 is 0. The quantitative estimate of drug-likeness (QED) is 0.436. The van der Waals surface area contributed by atoms with E-state index in [9.17, 15) is 18.5 Å². The van der Waals surface area contributed by atoms with Crippen LogP contribution in [-0.4, -0.2) is 20.4 Å². The van der Waals surface area contributed by atoms with Crippen molar-refractivity contribution in [3.05, 3.63) is 119 Å². The summed E-state index contributed by atoms with van der Waals surface area (Å²) in [7, 11) is -3.90. The fourth-order valence-corrected chi connectivity index (χ4v) is 5.82. The zero-order chi connectivity index (χ0) is 27.8. The van der Waals surface area contributed by atoms with Crippen LogP contribution in [0.3, 0.4) is 0 Å². The fraction of sp³-hybridized carbons (Fsp3) is 0.194. The Morgan fingerprint density at radius 3 is 2.18 bits per heavy atom. The largest absolute Gasteiger partial charge is 0.298 e. The van der Waals surface area contributed by atoms with Gasteiger partial charge < -0.3 is 0 Å². The van der Waals surface area contributed by atoms with Crippen LogP contribution in [0.15, 0.2) is 117 Å². The van der Waals surface area contributed by atoms with Gasteiger partial charge in [0, 0.05) is 29.6 Å². The van der Waals surface area contributed by atoms with Gasteiger partial charge in [-0.1, -0.05) is 74.5 Å². The Hall–Kier alpha value is -4.32. The van der Waals surface area contributed by atoms with Crippen molar-refractivity contribution in [2.24, 2.45) is 15.5 Å². The van der Waals surface area contributed by atoms with E-state index in [1.807, 2.05) is 79.4 Å². The Labute approximate surface area is 228 Å². The average molecular weight is 537 g/mol. The van der Waals surface area contributed by atoms with E-state index in [0.29, 0.717) is 35.5 Å². The molecule has 1 aliphatic heterocycles. The first-order chi connectivity index (χ1) is 18.6. The molecule has 7 nitrogen and oxygen atoms in total. The SMILES string of the molecule is CC1(C)CC(=O)C2=C(C1)N(c1ccc(S(N)(=O)=O)cc1)C(/N=C/c1ccccc1)=C(C#N)C2c1ccccc1. The number of sulfonamides is 1. The molecule has 2 aliphatic rings. The number of Topliss-reactive ketones (excluding diaryl/α,β-unsaturated/α-hetero) is 1. The first-order valence-electron chi connectivity index (χ1n) is 12.6. The van der Waals surface area contributed by atoms with Gasteiger partial charge >= 0.3 is 0 Å². The molecule has 3 aromatic carbocycles. The maximum Gasteiger partial charge on any atom is 0.238 e. The lowest BCUT2D eigenvalue weighted by molar-refractivity contribution is -0.118. The first kappa shape index (κ1) is 26.3. The summed E-state index contributed by atoms with van der Waals surface area (Å²) in [6, 6.07) is 27.6. The molecule has 0 amide bonds. The Morgan fingerprint density at radius 2 is 1.59 bits per heavy atom. The second-order valence-electron chi connectivity index (χ2n) is 10.5. The monoisotopic (exact) mass is 536 g/mol. The Morgan fingerprint density at radius 1 is 0.974 bits per heavy atom. The average Bonchev–Trinajstić information content (AvgIpc) is 2.91. The van der Waals surface area contributed by atoms with Crippen LogP contribution in [-0.2, 0) is 14.8 Å². The van der Waals surface area contributed by atoms with Gasteiger partial charge in [-0.05, 0) is 47.2 Å². The number of primary sulfonamides is 1. The van der Waals surface area contributed by atoms with Gasteiger partial charge in [0.25, 0.3) is 0 Å². The Kier molecular flexibility index (Phi) is 6.81. The van der Waals surface area contributed by atoms with E-state index in [2.05, 4.69) is 6.07 Å². The molecule has 5 rings (SSSR count). The van der Waals surface area contributed by atoms with Crippen molar-refractivity contribution in [1.82, 2.24) is 0 Å². The van der Waals surface area contributed by atoms with Crippen molar-refractivity contribution < 1.29 is 13.2 Å². The highest BCUT2D eigenvalue weighted by Crippen LogP contribution is 2.51. The van der Waals surface area contributed by atoms with Gasteiger partial charge in [-0.15, -0.1) is 0 Å². The summed E-state index contributed by atoms with van der Waals surface area (Å²) < 4.78 is 23.9. The molecule has 0 bridgehead atoms. The number of hydrogen-bond donors (Lipinski definition) is 1. The van der Waals surface area contributed by atoms with Crippen LogP contribution in [0.2, 0.25) is 0 Å². The minimum Gasteiger partial charge on any atom is -0.298 e. The molecule has 1 unspecified atom stereocenters. The molecule has 0 saturated heterocycles. The minimum absolute atomic E-state index is 0.0138. The predicted octanol–water partition coefficient (Wildman–Crippen LogP) is 5.44. The van der Waals surface area contributed by atoms with Crippen LogP contribution in [0, 0.1) is 16.7 Å². The topological polar surface area (TPSA) is 117 Å². The number of nitrogens with two attached hydrogens (primary N) is 1. The summed E-state index contributed by atoms with van der Waals surface area (Å²) in [4.78, 5) is 20.4. The molecule has 1 heterocycles. The van der Waals surface area contributed by atoms with E-state index in [-0.39, 0.29) is 16.1 Å². The van der Waals surface area contributed by atoms with Gasteiger partial charge in [0.1, 0.15) is 0 Å². The number of carbonyl (C=O) groups excluding carboxylic acids is 1. The summed E-state index contributed by atoms with van der Waals surface area (Å²) in [6.45, 7) is 4.09. The number of anilines is 1. The smallest absolute Gasteiger partial charge is 0.238 e. The van der Waals surface area contributed by atoms with Crippen molar-refractivity contribution in [1.29, 1.82) is 5.26 Å². The lowest BCUT2D eigenvalue weighted by atomic mass is 9.68. The third-order valence-electron chi connectivity index (χ3n) is 7.01. The molecule has 8 heteroatoms. The van der Waals surface area contributed by atoms with Crippen molar-refractivity contribution in [3.63, 3.8) is 0 Å². The van der Waals surface area contributed by atoms with Crippen LogP contribution >= 0.6 is 0 Å². The summed E-state index contributed by atoms with van der Waals surface area (Å²) in [6.07, 6.45) is 2.62. The second-order valence-corrected chi connectivity index (χ2v) is 12.1. The van der Waals surface area contributed by atoms with E-state index in [0.717, 1.165) is 16.8 Å². The van der Waals surface area contributed by atoms with Crippen LogP contribution in [0.5, 0.6) is 0 Å². The maximum atomic E-state index is 13.8. The summed E-state index contributed by atoms with van der Waals surface area (Å²) in [5.74, 6) is -0.194. The fourth-order valence-electron chi connectivity index (χ4n) is 5.31. The molecule has 0 radical (unpaired) electrons. The number of nitriles is 1. The zero-order valence-electron chi connectivity index (χ0n) is 21.7. The standard InChI is InChI=1S/C31H28N4O3S/c1-31(2)17-26-29(27(36)18-31)28(22-11-7-4-8-12-22)25(19-32)30(34-20-21-9-5-3-6-10-21)35(26)23-13-15-24(16-14-23)39(33,37)38/h3-16,20,28H,17-18H2,1-2H3,(H2,33,37,38)/b34-20+. The van der Waals surface area contributed by atoms with Gasteiger partial charge in [0.15, 0.2) is 11.6 Å². The highest BCUT2D eigenvalue weighted by molar-refractivity contribution is 7.89. The van der Waals surface area contributed by atoms with Crippen LogP contribution in [0.25, 0.3) is 0 Å². The molecular weight excluding hydrogens is 508 g/mol. The normalized spacial score (nSPS) is 19.3. The van der Waals surface area contributed by atoms with Gasteiger partial charge in [-0.2, -0.15) is 5.26 Å². The molecular formula is C31H28N4O3S. The first-order valence-corrected chi connectivity index (χ1v) is 14.1. The molecule has 1 atom stereocenters. The number of allylic oxidation sites excluding steroid dienone is 3. The molecule has 2 N–H and O–H groups in total. The van der Waals surface area contributed by atoms with Crippen LogP contribution < -0.4 is 10.0 Å². The van der Waals surface area contributed by atoms with E-state index < -0.39 is 15.9 Å². The number of rotatable bonds is 5. The lowest BCUT2D eigenvalue weighted by Gasteiger charge is -2.43. The highest BCUT2D eigenvalue weighted by Gasteiger charge is 2.45. The molecule has 0 saturated carbocycles. The van der Waals surface area contributed by atoms with Crippen molar-refractivity contribution in [2.45, 2.75) is 37.5 Å². The van der Waals surface area contributed by atoms with E-state index in [1.165, 1.54) is 12.1 Å². The Bertz CT molecular complexity index is 1670. The maximum absolute atomic E-state index is 13.8. The van der Waals surface area contributed by atoms with Crippen molar-refractivity contribution >= 4 is 27.7 Å². The number of carbonyl (C=O) groups is 1. The van der Waals surface area contributed by atoms with E-state index in [1.54, 1.807) is 18.3 Å². The predicted molar refractivity (Wildman–Crippen MR) is 151 cm³/mol. The number of ketones is 1. The zero-order valence-corrected chi connectivity index (χ0v) is 22.5. The van der Waals surface area contributed by atoms with Gasteiger partial charge in [-0.3, -0.25) is 9.69 Å².